The van der Waals surface area contributed by atoms with E-state index in [4.69, 9.17) is 16.3 Å². The maximum absolute atomic E-state index is 12.9. The Kier molecular flexibility index (Phi) is 4.95. The van der Waals surface area contributed by atoms with E-state index >= 15 is 0 Å². The van der Waals surface area contributed by atoms with Crippen LogP contribution in [-0.4, -0.2) is 43.0 Å². The first-order valence-corrected chi connectivity index (χ1v) is 8.41. The second kappa shape index (κ2) is 7.15. The number of methoxy groups -OCH3 is 1. The molecule has 1 saturated heterocycles. The molecule has 3 rings (SSSR count). The van der Waals surface area contributed by atoms with Gasteiger partial charge in [0.1, 0.15) is 11.8 Å². The smallest absolute Gasteiger partial charge is 0.258 e. The Balaban J connectivity index is 1.81. The van der Waals surface area contributed by atoms with Gasteiger partial charge in [-0.05, 0) is 43.3 Å². The van der Waals surface area contributed by atoms with Gasteiger partial charge in [0.25, 0.3) is 5.91 Å². The number of ether oxygens (including phenoxy) is 1. The molecule has 1 atom stereocenters. The van der Waals surface area contributed by atoms with E-state index in [9.17, 15) is 9.59 Å². The van der Waals surface area contributed by atoms with Crippen molar-refractivity contribution in [1.82, 2.24) is 4.90 Å². The molecule has 2 aromatic carbocycles. The van der Waals surface area contributed by atoms with Crippen LogP contribution in [-0.2, 0) is 4.79 Å². The number of nitrogens with zero attached hydrogens (tertiary/aromatic N) is 2. The highest BCUT2D eigenvalue weighted by Crippen LogP contribution is 2.25. The lowest BCUT2D eigenvalue weighted by atomic mass is 10.1. The summed E-state index contributed by atoms with van der Waals surface area (Å²) in [5, 5.41) is 0.620. The van der Waals surface area contributed by atoms with Gasteiger partial charge in [-0.3, -0.25) is 9.59 Å². The van der Waals surface area contributed by atoms with Crippen LogP contribution < -0.4 is 9.64 Å². The molecule has 130 valence electrons. The summed E-state index contributed by atoms with van der Waals surface area (Å²) in [6, 6.07) is 13.6. The minimum absolute atomic E-state index is 0.114. The lowest BCUT2D eigenvalue weighted by Crippen LogP contribution is -2.57. The van der Waals surface area contributed by atoms with Gasteiger partial charge in [0, 0.05) is 23.8 Å². The molecule has 2 aromatic rings. The zero-order valence-electron chi connectivity index (χ0n) is 14.1. The number of benzene rings is 2. The molecule has 1 aliphatic heterocycles. The molecule has 25 heavy (non-hydrogen) atoms. The average Bonchev–Trinajstić information content (AvgIpc) is 2.64. The van der Waals surface area contributed by atoms with E-state index in [-0.39, 0.29) is 11.8 Å². The maximum Gasteiger partial charge on any atom is 0.258 e. The second-order valence-corrected chi connectivity index (χ2v) is 6.28. The Morgan fingerprint density at radius 1 is 1.12 bits per heavy atom. The van der Waals surface area contributed by atoms with Crippen molar-refractivity contribution in [2.24, 2.45) is 0 Å². The van der Waals surface area contributed by atoms with Crippen molar-refractivity contribution in [2.75, 3.05) is 25.1 Å². The zero-order chi connectivity index (χ0) is 18.0. The molecule has 1 aliphatic rings. The van der Waals surface area contributed by atoms with Gasteiger partial charge < -0.3 is 14.5 Å². The summed E-state index contributed by atoms with van der Waals surface area (Å²) in [7, 11) is 1.53. The lowest BCUT2D eigenvalue weighted by Gasteiger charge is -2.39. The van der Waals surface area contributed by atoms with Crippen LogP contribution in [0, 0.1) is 0 Å². The summed E-state index contributed by atoms with van der Waals surface area (Å²) in [4.78, 5) is 28.9. The quantitative estimate of drug-likeness (QED) is 0.846. The first-order chi connectivity index (χ1) is 12.0. The molecule has 0 aliphatic carbocycles. The van der Waals surface area contributed by atoms with Gasteiger partial charge in [-0.15, -0.1) is 0 Å². The number of anilines is 1. The molecule has 0 saturated carbocycles. The fourth-order valence-electron chi connectivity index (χ4n) is 3.00. The summed E-state index contributed by atoms with van der Waals surface area (Å²) < 4.78 is 5.27. The normalized spacial score (nSPS) is 17.6. The van der Waals surface area contributed by atoms with E-state index in [1.165, 1.54) is 7.11 Å². The summed E-state index contributed by atoms with van der Waals surface area (Å²) in [5.41, 5.74) is 1.25. The molecule has 0 spiro atoms. The fourth-order valence-corrected chi connectivity index (χ4v) is 3.13. The molecule has 1 fully saturated rings. The van der Waals surface area contributed by atoms with Gasteiger partial charge in [0.15, 0.2) is 0 Å². The Labute approximate surface area is 151 Å². The van der Waals surface area contributed by atoms with Crippen LogP contribution >= 0.6 is 11.6 Å². The SMILES string of the molecule is COc1ccccc1C(=O)N1CCN(c2ccc(Cl)cc2)C(=O)[C@@H]1C. The van der Waals surface area contributed by atoms with Crippen LogP contribution in [0.5, 0.6) is 5.75 Å². The first-order valence-electron chi connectivity index (χ1n) is 8.04. The minimum atomic E-state index is -0.554. The highest BCUT2D eigenvalue weighted by molar-refractivity contribution is 6.30. The molecule has 0 unspecified atom stereocenters. The van der Waals surface area contributed by atoms with Gasteiger partial charge in [0.2, 0.25) is 5.91 Å². The van der Waals surface area contributed by atoms with E-state index in [1.807, 2.05) is 18.2 Å². The molecule has 0 radical (unpaired) electrons. The van der Waals surface area contributed by atoms with Gasteiger partial charge in [-0.25, -0.2) is 0 Å². The van der Waals surface area contributed by atoms with E-state index in [0.717, 1.165) is 5.69 Å². The summed E-state index contributed by atoms with van der Waals surface area (Å²) in [6.07, 6.45) is 0. The maximum atomic E-state index is 12.9. The number of amides is 2. The fraction of sp³-hybridized carbons (Fsp3) is 0.263. The van der Waals surface area contributed by atoms with Crippen molar-refractivity contribution in [2.45, 2.75) is 13.0 Å². The molecule has 6 heteroatoms. The van der Waals surface area contributed by atoms with E-state index in [2.05, 4.69) is 0 Å². The standard InChI is InChI=1S/C19H19ClN2O3/c1-13-18(23)22(15-9-7-14(20)8-10-15)12-11-21(13)19(24)16-5-3-4-6-17(16)25-2/h3-10,13H,11-12H2,1-2H3/t13-/m0/s1. The van der Waals surface area contributed by atoms with Gasteiger partial charge in [0.05, 0.1) is 12.7 Å². The van der Waals surface area contributed by atoms with Gasteiger partial charge in [-0.1, -0.05) is 23.7 Å². The number of hydrogen-bond donors (Lipinski definition) is 0. The summed E-state index contributed by atoms with van der Waals surface area (Å²) in [5.74, 6) is 0.193. The zero-order valence-corrected chi connectivity index (χ0v) is 14.9. The predicted octanol–water partition coefficient (Wildman–Crippen LogP) is 3.23. The van der Waals surface area contributed by atoms with E-state index in [1.54, 1.807) is 47.1 Å². The Morgan fingerprint density at radius 3 is 2.48 bits per heavy atom. The third-order valence-corrected chi connectivity index (χ3v) is 4.64. The Hall–Kier alpha value is -2.53. The number of para-hydroxylation sites is 1. The minimum Gasteiger partial charge on any atom is -0.496 e. The summed E-state index contributed by atoms with van der Waals surface area (Å²) in [6.45, 7) is 2.63. The summed E-state index contributed by atoms with van der Waals surface area (Å²) >= 11 is 5.91. The van der Waals surface area contributed by atoms with Crippen LogP contribution in [0.25, 0.3) is 0 Å². The molecule has 5 nitrogen and oxygen atoms in total. The van der Waals surface area contributed by atoms with Crippen molar-refractivity contribution < 1.29 is 14.3 Å². The van der Waals surface area contributed by atoms with Crippen LogP contribution in [0.4, 0.5) is 5.69 Å². The molecular weight excluding hydrogens is 340 g/mol. The number of halogens is 1. The predicted molar refractivity (Wildman–Crippen MR) is 97.3 cm³/mol. The van der Waals surface area contributed by atoms with E-state index < -0.39 is 6.04 Å². The molecule has 1 heterocycles. The highest BCUT2D eigenvalue weighted by Gasteiger charge is 2.36. The third-order valence-electron chi connectivity index (χ3n) is 4.39. The van der Waals surface area contributed by atoms with E-state index in [0.29, 0.717) is 29.4 Å². The number of hydrogen-bond acceptors (Lipinski definition) is 3. The Morgan fingerprint density at radius 2 is 1.80 bits per heavy atom. The molecule has 2 amide bonds. The number of carbonyl (C=O) groups excluding carboxylic acids is 2. The number of rotatable bonds is 3. The van der Waals surface area contributed by atoms with Crippen molar-refractivity contribution in [3.63, 3.8) is 0 Å². The van der Waals surface area contributed by atoms with Crippen LogP contribution in [0.1, 0.15) is 17.3 Å². The van der Waals surface area contributed by atoms with Crippen molar-refractivity contribution in [3.8, 4) is 5.75 Å². The molecule has 0 aromatic heterocycles. The molecular formula is C19H19ClN2O3. The first kappa shape index (κ1) is 17.3. The van der Waals surface area contributed by atoms with Crippen molar-refractivity contribution >= 4 is 29.1 Å². The molecule has 0 bridgehead atoms. The van der Waals surface area contributed by atoms with Gasteiger partial charge >= 0.3 is 0 Å². The lowest BCUT2D eigenvalue weighted by molar-refractivity contribution is -0.124. The highest BCUT2D eigenvalue weighted by atomic mass is 35.5. The number of carbonyl (C=O) groups is 2. The van der Waals surface area contributed by atoms with Crippen molar-refractivity contribution in [3.05, 3.63) is 59.1 Å². The average molecular weight is 359 g/mol. The van der Waals surface area contributed by atoms with Crippen LogP contribution in [0.3, 0.4) is 0 Å². The topological polar surface area (TPSA) is 49.9 Å². The van der Waals surface area contributed by atoms with Gasteiger partial charge in [-0.2, -0.15) is 0 Å². The second-order valence-electron chi connectivity index (χ2n) is 5.84. The molecule has 0 N–H and O–H groups in total. The number of piperazine rings is 1. The largest absolute Gasteiger partial charge is 0.496 e. The third kappa shape index (κ3) is 3.33. The van der Waals surface area contributed by atoms with Crippen LogP contribution in [0.15, 0.2) is 48.5 Å². The van der Waals surface area contributed by atoms with Crippen molar-refractivity contribution in [1.29, 1.82) is 0 Å². The monoisotopic (exact) mass is 358 g/mol. The Bertz CT molecular complexity index is 792. The van der Waals surface area contributed by atoms with Crippen LogP contribution in [0.2, 0.25) is 5.02 Å².